The maximum absolute atomic E-state index is 11.6. The molecule has 0 saturated carbocycles. The Hall–Kier alpha value is -2.69. The van der Waals surface area contributed by atoms with Crippen LogP contribution in [0.25, 0.3) is 0 Å². The lowest BCUT2D eigenvalue weighted by atomic mass is 10.1. The fraction of sp³-hybridized carbons (Fsp3) is 0.188. The number of hydrogen-bond acceptors (Lipinski definition) is 4. The molecule has 2 aromatic rings. The van der Waals surface area contributed by atoms with Crippen LogP contribution in [-0.2, 0) is 16.1 Å². The highest BCUT2D eigenvalue weighted by Gasteiger charge is 2.04. The molecule has 0 atom stereocenters. The summed E-state index contributed by atoms with van der Waals surface area (Å²) in [5.41, 5.74) is 7.58. The molecule has 0 unspecified atom stereocenters. The second kappa shape index (κ2) is 7.79. The Morgan fingerprint density at radius 2 is 1.86 bits per heavy atom. The summed E-state index contributed by atoms with van der Waals surface area (Å²) in [4.78, 5) is 20.2. The molecule has 1 aromatic carbocycles. The maximum Gasteiger partial charge on any atom is 0.335 e. The number of carbonyl (C=O) groups is 1. The van der Waals surface area contributed by atoms with Gasteiger partial charge >= 0.3 is 5.97 Å². The fourth-order valence-corrected chi connectivity index (χ4v) is 1.80. The van der Waals surface area contributed by atoms with Crippen molar-refractivity contribution >= 4 is 11.8 Å². The van der Waals surface area contributed by atoms with E-state index in [2.05, 4.69) is 10.1 Å². The minimum absolute atomic E-state index is 0.161. The molecule has 2 rings (SSSR count). The summed E-state index contributed by atoms with van der Waals surface area (Å²) < 4.78 is 0. The van der Waals surface area contributed by atoms with E-state index < -0.39 is 0 Å². The zero-order chi connectivity index (χ0) is 14.9. The van der Waals surface area contributed by atoms with Gasteiger partial charge in [-0.3, -0.25) is 4.98 Å². The van der Waals surface area contributed by atoms with Crippen LogP contribution in [0.3, 0.4) is 0 Å². The van der Waals surface area contributed by atoms with Gasteiger partial charge in [-0.2, -0.15) is 0 Å². The first kappa shape index (κ1) is 14.7. The van der Waals surface area contributed by atoms with Crippen LogP contribution in [0.4, 0.5) is 0 Å². The number of amidine groups is 1. The number of aromatic nitrogens is 1. The number of carbonyl (C=O) groups excluding carboxylic acids is 1. The van der Waals surface area contributed by atoms with E-state index in [9.17, 15) is 4.79 Å². The molecule has 0 radical (unpaired) electrons. The van der Waals surface area contributed by atoms with Crippen molar-refractivity contribution in [3.05, 3.63) is 66.0 Å². The van der Waals surface area contributed by atoms with E-state index in [1.165, 1.54) is 5.56 Å². The van der Waals surface area contributed by atoms with Gasteiger partial charge in [-0.15, -0.1) is 0 Å². The van der Waals surface area contributed by atoms with Gasteiger partial charge in [0.05, 0.1) is 0 Å². The Kier molecular flexibility index (Phi) is 5.46. The summed E-state index contributed by atoms with van der Waals surface area (Å²) in [6, 6.07) is 13.4. The highest BCUT2D eigenvalue weighted by molar-refractivity contribution is 5.97. The number of nitrogens with zero attached hydrogens (tertiary/aromatic N) is 2. The Morgan fingerprint density at radius 1 is 1.14 bits per heavy atom. The third-order valence-corrected chi connectivity index (χ3v) is 2.91. The van der Waals surface area contributed by atoms with Gasteiger partial charge in [0, 0.05) is 24.4 Å². The van der Waals surface area contributed by atoms with Crippen LogP contribution >= 0.6 is 0 Å². The monoisotopic (exact) mass is 283 g/mol. The number of nitrogens with two attached hydrogens (primary N) is 1. The molecular weight excluding hydrogens is 266 g/mol. The van der Waals surface area contributed by atoms with Crippen LogP contribution in [-0.4, -0.2) is 16.8 Å². The van der Waals surface area contributed by atoms with E-state index in [1.807, 2.05) is 30.3 Å². The number of rotatable bonds is 6. The van der Waals surface area contributed by atoms with Crippen LogP contribution < -0.4 is 5.73 Å². The molecule has 21 heavy (non-hydrogen) atoms. The topological polar surface area (TPSA) is 77.6 Å². The zero-order valence-electron chi connectivity index (χ0n) is 11.6. The van der Waals surface area contributed by atoms with Crippen molar-refractivity contribution in [3.8, 4) is 0 Å². The van der Waals surface area contributed by atoms with Gasteiger partial charge in [0.25, 0.3) is 0 Å². The Balaban J connectivity index is 1.75. The predicted molar refractivity (Wildman–Crippen MR) is 80.4 cm³/mol. The summed E-state index contributed by atoms with van der Waals surface area (Å²) in [7, 11) is 0. The quantitative estimate of drug-likeness (QED) is 0.382. The van der Waals surface area contributed by atoms with E-state index in [1.54, 1.807) is 24.5 Å². The van der Waals surface area contributed by atoms with Gasteiger partial charge in [0.2, 0.25) is 0 Å². The number of oxime groups is 1. The molecule has 5 nitrogen and oxygen atoms in total. The minimum Gasteiger partial charge on any atom is -0.380 e. The number of pyridine rings is 1. The average Bonchev–Trinajstić information content (AvgIpc) is 2.54. The maximum atomic E-state index is 11.6. The summed E-state index contributed by atoms with van der Waals surface area (Å²) in [5, 5.41) is 3.64. The third-order valence-electron chi connectivity index (χ3n) is 2.91. The molecule has 0 aliphatic carbocycles. The van der Waals surface area contributed by atoms with Crippen molar-refractivity contribution < 1.29 is 9.63 Å². The minimum atomic E-state index is -0.386. The highest BCUT2D eigenvalue weighted by atomic mass is 16.7. The molecule has 0 bridgehead atoms. The largest absolute Gasteiger partial charge is 0.380 e. The Morgan fingerprint density at radius 3 is 2.57 bits per heavy atom. The van der Waals surface area contributed by atoms with E-state index in [-0.39, 0.29) is 11.8 Å². The molecule has 108 valence electrons. The molecule has 5 heteroatoms. The number of aryl methyl sites for hydroxylation is 1. The molecule has 0 aliphatic heterocycles. The van der Waals surface area contributed by atoms with Gasteiger partial charge in [-0.1, -0.05) is 35.5 Å². The molecule has 0 fully saturated rings. The summed E-state index contributed by atoms with van der Waals surface area (Å²) in [6.07, 6.45) is 5.05. The molecule has 0 saturated heterocycles. The molecule has 1 aromatic heterocycles. The second-order valence-corrected chi connectivity index (χ2v) is 4.51. The molecule has 0 spiro atoms. The second-order valence-electron chi connectivity index (χ2n) is 4.51. The lowest BCUT2D eigenvalue weighted by Crippen LogP contribution is -2.15. The summed E-state index contributed by atoms with van der Waals surface area (Å²) >= 11 is 0. The van der Waals surface area contributed by atoms with Crippen LogP contribution in [0.1, 0.15) is 24.0 Å². The Bertz CT molecular complexity index is 597. The van der Waals surface area contributed by atoms with Crippen LogP contribution in [0.15, 0.2) is 60.0 Å². The molecule has 0 amide bonds. The van der Waals surface area contributed by atoms with Gasteiger partial charge in [-0.25, -0.2) is 4.79 Å². The van der Waals surface area contributed by atoms with Crippen molar-refractivity contribution in [2.45, 2.75) is 19.3 Å². The van der Waals surface area contributed by atoms with Crippen molar-refractivity contribution in [3.63, 3.8) is 0 Å². The lowest BCUT2D eigenvalue weighted by Gasteiger charge is -2.01. The van der Waals surface area contributed by atoms with Crippen LogP contribution in [0.2, 0.25) is 0 Å². The Labute approximate surface area is 123 Å². The molecular formula is C16H17N3O2. The SMILES string of the molecule is NC(=NOC(=O)CCCc1ccccc1)c1ccncc1. The van der Waals surface area contributed by atoms with E-state index in [4.69, 9.17) is 10.6 Å². The van der Waals surface area contributed by atoms with Crippen molar-refractivity contribution in [1.29, 1.82) is 0 Å². The van der Waals surface area contributed by atoms with Crippen LogP contribution in [0.5, 0.6) is 0 Å². The smallest absolute Gasteiger partial charge is 0.335 e. The first-order valence-electron chi connectivity index (χ1n) is 6.73. The van der Waals surface area contributed by atoms with Gasteiger partial charge in [0.15, 0.2) is 5.84 Å². The molecule has 1 heterocycles. The lowest BCUT2D eigenvalue weighted by molar-refractivity contribution is -0.143. The standard InChI is InChI=1S/C16H17N3O2/c17-16(14-9-11-18-12-10-14)19-21-15(20)8-4-7-13-5-2-1-3-6-13/h1-3,5-6,9-12H,4,7-8H2,(H2,17,19). The van der Waals surface area contributed by atoms with Crippen molar-refractivity contribution in [2.24, 2.45) is 10.9 Å². The van der Waals surface area contributed by atoms with E-state index in [0.717, 1.165) is 6.42 Å². The van der Waals surface area contributed by atoms with Crippen molar-refractivity contribution in [2.75, 3.05) is 0 Å². The number of benzene rings is 1. The van der Waals surface area contributed by atoms with Gasteiger partial charge < -0.3 is 10.6 Å². The normalized spacial score (nSPS) is 11.1. The predicted octanol–water partition coefficient (Wildman–Crippen LogP) is 2.27. The van der Waals surface area contributed by atoms with Crippen molar-refractivity contribution in [1.82, 2.24) is 4.98 Å². The van der Waals surface area contributed by atoms with E-state index >= 15 is 0 Å². The molecule has 2 N–H and O–H groups in total. The highest BCUT2D eigenvalue weighted by Crippen LogP contribution is 2.05. The summed E-state index contributed by atoms with van der Waals surface area (Å²) in [6.45, 7) is 0. The average molecular weight is 283 g/mol. The zero-order valence-corrected chi connectivity index (χ0v) is 11.6. The molecule has 0 aliphatic rings. The van der Waals surface area contributed by atoms with E-state index in [0.29, 0.717) is 18.4 Å². The first-order chi connectivity index (χ1) is 10.3. The van der Waals surface area contributed by atoms with Gasteiger partial charge in [0.1, 0.15) is 0 Å². The number of hydrogen-bond donors (Lipinski definition) is 1. The summed E-state index contributed by atoms with van der Waals surface area (Å²) in [5.74, 6) is -0.225. The third kappa shape index (κ3) is 5.06. The van der Waals surface area contributed by atoms with Gasteiger partial charge in [-0.05, 0) is 30.5 Å². The van der Waals surface area contributed by atoms with Crippen LogP contribution in [0, 0.1) is 0 Å². The fourth-order valence-electron chi connectivity index (χ4n) is 1.80. The first-order valence-corrected chi connectivity index (χ1v) is 6.73.